The van der Waals surface area contributed by atoms with Gasteiger partial charge in [0.2, 0.25) is 21.8 Å². The number of hydrogen-bond donors (Lipinski definition) is 3. The second-order valence-electron chi connectivity index (χ2n) is 14.7. The van der Waals surface area contributed by atoms with E-state index in [1.807, 2.05) is 37.3 Å². The van der Waals surface area contributed by atoms with Gasteiger partial charge in [-0.15, -0.1) is 0 Å². The van der Waals surface area contributed by atoms with E-state index in [0.717, 1.165) is 42.1 Å². The normalized spacial score (nSPS) is 32.1. The standard InChI is InChI=1S/C35H45N5O7S/c1-21-29-24(25-17-23(46-3)11-12-27(25)37-21)13-14-34(47-29)19-28-30(41)38-35(32(43)39-48(44,45)33(2)15-16-33)18-22(35)9-7-5-4-6-8-10-26(36)31(42)40(28)20-34/h7,9,11-12,17,22,26,28H,4-6,8,10,13-16,18-20,36H2,1-3H3,(H,38,41)(H,39,43)/b9-7-/t22-,26+,28+,34-,35-/m1/s1. The first-order chi connectivity index (χ1) is 22.8. The summed E-state index contributed by atoms with van der Waals surface area (Å²) >= 11 is 0. The lowest BCUT2D eigenvalue weighted by Crippen LogP contribution is -2.58. The number of sulfonamides is 1. The summed E-state index contributed by atoms with van der Waals surface area (Å²) in [7, 11) is -2.31. The van der Waals surface area contributed by atoms with Gasteiger partial charge in [0.05, 0.1) is 35.7 Å². The molecular formula is C35H45N5O7S. The van der Waals surface area contributed by atoms with Crippen molar-refractivity contribution in [3.63, 3.8) is 0 Å². The molecule has 0 unspecified atom stereocenters. The number of nitrogens with zero attached hydrogens (tertiary/aromatic N) is 2. The molecule has 4 N–H and O–H groups in total. The molecule has 13 heteroatoms. The van der Waals surface area contributed by atoms with Gasteiger partial charge in [-0.05, 0) is 83.4 Å². The number of amides is 3. The van der Waals surface area contributed by atoms with Crippen LogP contribution in [0.15, 0.2) is 30.4 Å². The van der Waals surface area contributed by atoms with Gasteiger partial charge in [0, 0.05) is 23.3 Å². The lowest BCUT2D eigenvalue weighted by atomic mass is 9.87. The summed E-state index contributed by atoms with van der Waals surface area (Å²) < 4.78 is 39.7. The quantitative estimate of drug-likeness (QED) is 0.411. The lowest BCUT2D eigenvalue weighted by molar-refractivity contribution is -0.140. The van der Waals surface area contributed by atoms with Crippen LogP contribution in [0.5, 0.6) is 11.5 Å². The second kappa shape index (κ2) is 11.7. The molecule has 1 aromatic heterocycles. The van der Waals surface area contributed by atoms with E-state index in [9.17, 15) is 22.8 Å². The Balaban J connectivity index is 1.21. The van der Waals surface area contributed by atoms with Crippen molar-refractivity contribution in [3.8, 4) is 11.5 Å². The molecule has 1 spiro atoms. The molecule has 258 valence electrons. The van der Waals surface area contributed by atoms with E-state index in [0.29, 0.717) is 49.3 Å². The van der Waals surface area contributed by atoms with Gasteiger partial charge in [0.25, 0.3) is 5.91 Å². The number of carbonyl (C=O) groups excluding carboxylic acids is 3. The second-order valence-corrected chi connectivity index (χ2v) is 16.9. The van der Waals surface area contributed by atoms with Crippen molar-refractivity contribution in [2.24, 2.45) is 11.7 Å². The van der Waals surface area contributed by atoms with E-state index in [-0.39, 0.29) is 31.2 Å². The fourth-order valence-electron chi connectivity index (χ4n) is 7.69. The van der Waals surface area contributed by atoms with Crippen LogP contribution in [0.2, 0.25) is 0 Å². The molecule has 3 aliphatic heterocycles. The number of rotatable bonds is 4. The molecule has 5 aliphatic rings. The fraction of sp³-hybridized carbons (Fsp3) is 0.600. The predicted octanol–water partition coefficient (Wildman–Crippen LogP) is 2.94. The largest absolute Gasteiger partial charge is 0.497 e. The highest BCUT2D eigenvalue weighted by atomic mass is 32.2. The van der Waals surface area contributed by atoms with Gasteiger partial charge in [-0.1, -0.05) is 25.0 Å². The van der Waals surface area contributed by atoms with Gasteiger partial charge in [-0.2, -0.15) is 0 Å². The van der Waals surface area contributed by atoms with Gasteiger partial charge in [0.1, 0.15) is 28.7 Å². The summed E-state index contributed by atoms with van der Waals surface area (Å²) in [6.07, 6.45) is 10.3. The number of benzene rings is 1. The summed E-state index contributed by atoms with van der Waals surface area (Å²) in [5, 5.41) is 3.88. The number of ether oxygens (including phenoxy) is 2. The highest BCUT2D eigenvalue weighted by molar-refractivity contribution is 7.91. The predicted molar refractivity (Wildman–Crippen MR) is 179 cm³/mol. The van der Waals surface area contributed by atoms with Gasteiger partial charge >= 0.3 is 0 Å². The number of fused-ring (bicyclic) bond motifs is 5. The highest BCUT2D eigenvalue weighted by Gasteiger charge is 2.63. The molecule has 2 saturated carbocycles. The average molecular weight is 680 g/mol. The Bertz CT molecular complexity index is 1820. The molecular weight excluding hydrogens is 634 g/mol. The maximum atomic E-state index is 14.3. The molecule has 0 bridgehead atoms. The Morgan fingerprint density at radius 3 is 2.71 bits per heavy atom. The minimum absolute atomic E-state index is 0.155. The summed E-state index contributed by atoms with van der Waals surface area (Å²) in [6, 6.07) is 3.99. The Kier molecular flexibility index (Phi) is 8.01. The molecule has 5 atom stereocenters. The number of carbonyl (C=O) groups is 3. The van der Waals surface area contributed by atoms with Crippen molar-refractivity contribution in [2.45, 2.75) is 112 Å². The van der Waals surface area contributed by atoms with Crippen LogP contribution in [-0.2, 0) is 30.8 Å². The Morgan fingerprint density at radius 1 is 1.17 bits per heavy atom. The number of nitrogens with two attached hydrogens (primary N) is 1. The molecule has 4 heterocycles. The van der Waals surface area contributed by atoms with E-state index in [2.05, 4.69) is 10.0 Å². The first-order valence-electron chi connectivity index (χ1n) is 17.1. The molecule has 48 heavy (non-hydrogen) atoms. The van der Waals surface area contributed by atoms with Crippen LogP contribution < -0.4 is 25.2 Å². The number of methoxy groups -OCH3 is 1. The monoisotopic (exact) mass is 679 g/mol. The number of hydrogen-bond acceptors (Lipinski definition) is 9. The number of pyridine rings is 1. The molecule has 3 amide bonds. The van der Waals surface area contributed by atoms with E-state index in [1.54, 1.807) is 14.0 Å². The first kappa shape index (κ1) is 32.8. The third kappa shape index (κ3) is 5.62. The maximum absolute atomic E-state index is 14.3. The lowest BCUT2D eigenvalue weighted by Gasteiger charge is -2.36. The molecule has 0 radical (unpaired) electrons. The molecule has 1 saturated heterocycles. The topological polar surface area (TPSA) is 170 Å². The van der Waals surface area contributed by atoms with Crippen LogP contribution >= 0.6 is 0 Å². The zero-order valence-electron chi connectivity index (χ0n) is 27.8. The highest BCUT2D eigenvalue weighted by Crippen LogP contribution is 2.49. The third-order valence-electron chi connectivity index (χ3n) is 11.2. The van der Waals surface area contributed by atoms with Gasteiger partial charge in [-0.3, -0.25) is 19.1 Å². The summed E-state index contributed by atoms with van der Waals surface area (Å²) in [4.78, 5) is 48.3. The Morgan fingerprint density at radius 2 is 1.96 bits per heavy atom. The minimum atomic E-state index is -3.93. The van der Waals surface area contributed by atoms with Crippen molar-refractivity contribution in [3.05, 3.63) is 41.6 Å². The minimum Gasteiger partial charge on any atom is -0.497 e. The van der Waals surface area contributed by atoms with Crippen molar-refractivity contribution in [1.29, 1.82) is 0 Å². The van der Waals surface area contributed by atoms with E-state index >= 15 is 0 Å². The fourth-order valence-corrected chi connectivity index (χ4v) is 9.00. The van der Waals surface area contributed by atoms with Gasteiger partial charge < -0.3 is 25.4 Å². The van der Waals surface area contributed by atoms with Crippen LogP contribution in [0.4, 0.5) is 0 Å². The van der Waals surface area contributed by atoms with Crippen molar-refractivity contribution in [2.75, 3.05) is 13.7 Å². The number of allylic oxidation sites excluding steroid dienone is 1. The molecule has 12 nitrogen and oxygen atoms in total. The van der Waals surface area contributed by atoms with Crippen molar-refractivity contribution >= 4 is 38.6 Å². The third-order valence-corrected chi connectivity index (χ3v) is 13.4. The summed E-state index contributed by atoms with van der Waals surface area (Å²) in [5.41, 5.74) is 6.71. The Labute approximate surface area is 281 Å². The zero-order chi connectivity index (χ0) is 34.1. The number of nitrogens with one attached hydrogen (secondary N) is 2. The zero-order valence-corrected chi connectivity index (χ0v) is 28.7. The van der Waals surface area contributed by atoms with Crippen molar-refractivity contribution in [1.82, 2.24) is 19.9 Å². The Hall–Kier alpha value is -3.71. The van der Waals surface area contributed by atoms with E-state index < -0.39 is 49.8 Å². The van der Waals surface area contributed by atoms with Crippen LogP contribution in [0.1, 0.15) is 82.4 Å². The first-order valence-corrected chi connectivity index (χ1v) is 18.6. The maximum Gasteiger partial charge on any atom is 0.259 e. The molecule has 1 aromatic carbocycles. The molecule has 2 aliphatic carbocycles. The summed E-state index contributed by atoms with van der Waals surface area (Å²) in [5.74, 6) is -0.601. The van der Waals surface area contributed by atoms with Gasteiger partial charge in [-0.25, -0.2) is 13.4 Å². The van der Waals surface area contributed by atoms with Crippen LogP contribution in [0.25, 0.3) is 10.9 Å². The number of aromatic nitrogens is 1. The number of aryl methyl sites for hydroxylation is 2. The average Bonchev–Trinajstić information content (AvgIpc) is 3.95. The summed E-state index contributed by atoms with van der Waals surface area (Å²) in [6.45, 7) is 3.66. The smallest absolute Gasteiger partial charge is 0.259 e. The van der Waals surface area contributed by atoms with Crippen LogP contribution in [0, 0.1) is 12.8 Å². The SMILES string of the molecule is COc1ccc2nc(C)c3c(c2c1)CC[C@]1(C[C@H]2C(=O)N[C@]4(C(=O)NS(=O)(=O)C5(C)CC5)C[C@H]4/C=C\CCCCC[C@H](N)C(=O)N2C1)O3. The van der Waals surface area contributed by atoms with E-state index in [1.165, 1.54) is 4.90 Å². The van der Waals surface area contributed by atoms with Crippen LogP contribution in [0.3, 0.4) is 0 Å². The van der Waals surface area contributed by atoms with Crippen LogP contribution in [-0.4, -0.2) is 77.6 Å². The van der Waals surface area contributed by atoms with Crippen molar-refractivity contribution < 1.29 is 32.3 Å². The molecule has 7 rings (SSSR count). The van der Waals surface area contributed by atoms with Gasteiger partial charge in [0.15, 0.2) is 0 Å². The molecule has 3 fully saturated rings. The van der Waals surface area contributed by atoms with E-state index in [4.69, 9.17) is 20.2 Å². The molecule has 2 aromatic rings.